The van der Waals surface area contributed by atoms with Crippen LogP contribution in [0.2, 0.25) is 0 Å². The first-order chi connectivity index (χ1) is 9.67. The first kappa shape index (κ1) is 17.6. The standard InChI is InChI=1S/C11H9BrF5NO3/c1-20-9(19)3-6-5(10(13)14)2-8(7(4-12)18-6)21-11(15,16)17/h2,10H,3-4H2,1H3. The highest BCUT2D eigenvalue weighted by molar-refractivity contribution is 9.08. The molecule has 0 aliphatic carbocycles. The molecule has 0 bridgehead atoms. The normalized spacial score (nSPS) is 11.6. The molecule has 1 aromatic heterocycles. The summed E-state index contributed by atoms with van der Waals surface area (Å²) in [6.07, 6.45) is -8.73. The maximum absolute atomic E-state index is 12.9. The van der Waals surface area contributed by atoms with Crippen LogP contribution in [-0.2, 0) is 21.3 Å². The summed E-state index contributed by atoms with van der Waals surface area (Å²) in [5.74, 6) is -1.68. The van der Waals surface area contributed by atoms with Gasteiger partial charge in [0.2, 0.25) is 0 Å². The Kier molecular flexibility index (Phi) is 5.87. The van der Waals surface area contributed by atoms with Crippen molar-refractivity contribution in [3.05, 3.63) is 23.0 Å². The third-order valence-electron chi connectivity index (χ3n) is 2.30. The predicted molar refractivity (Wildman–Crippen MR) is 64.2 cm³/mol. The number of carbonyl (C=O) groups is 1. The molecule has 0 aromatic carbocycles. The van der Waals surface area contributed by atoms with E-state index in [-0.39, 0.29) is 16.7 Å². The minimum atomic E-state index is -5.04. The van der Waals surface area contributed by atoms with Gasteiger partial charge >= 0.3 is 12.3 Å². The fourth-order valence-electron chi connectivity index (χ4n) is 1.44. The summed E-state index contributed by atoms with van der Waals surface area (Å²) in [4.78, 5) is 14.8. The first-order valence-corrected chi connectivity index (χ1v) is 6.49. The molecule has 0 unspecified atom stereocenters. The average molecular weight is 378 g/mol. The highest BCUT2D eigenvalue weighted by Gasteiger charge is 2.33. The summed E-state index contributed by atoms with van der Waals surface area (Å²) in [6.45, 7) is 0. The quantitative estimate of drug-likeness (QED) is 0.447. The van der Waals surface area contributed by atoms with Crippen molar-refractivity contribution in [3.8, 4) is 5.75 Å². The molecule has 1 aromatic rings. The van der Waals surface area contributed by atoms with Crippen molar-refractivity contribution in [1.29, 1.82) is 0 Å². The molecular formula is C11H9BrF5NO3. The fraction of sp³-hybridized carbons (Fsp3) is 0.455. The lowest BCUT2D eigenvalue weighted by Gasteiger charge is -2.15. The number of ether oxygens (including phenoxy) is 2. The van der Waals surface area contributed by atoms with Gasteiger partial charge in [0, 0.05) is 10.9 Å². The van der Waals surface area contributed by atoms with Crippen molar-refractivity contribution in [2.75, 3.05) is 7.11 Å². The Morgan fingerprint density at radius 1 is 1.38 bits per heavy atom. The Morgan fingerprint density at radius 2 is 2.00 bits per heavy atom. The molecule has 1 rings (SSSR count). The van der Waals surface area contributed by atoms with Crippen LogP contribution in [0.1, 0.15) is 23.4 Å². The monoisotopic (exact) mass is 377 g/mol. The van der Waals surface area contributed by atoms with Crippen LogP contribution in [0.15, 0.2) is 6.07 Å². The fourth-order valence-corrected chi connectivity index (χ4v) is 1.84. The van der Waals surface area contributed by atoms with Gasteiger partial charge in [-0.15, -0.1) is 13.2 Å². The number of carbonyl (C=O) groups excluding carboxylic acids is 1. The number of alkyl halides is 6. The summed E-state index contributed by atoms with van der Waals surface area (Å²) < 4.78 is 70.5. The SMILES string of the molecule is COC(=O)Cc1nc(CBr)c(OC(F)(F)F)cc1C(F)F. The molecule has 0 spiro atoms. The van der Waals surface area contributed by atoms with Gasteiger partial charge in [-0.1, -0.05) is 15.9 Å². The molecule has 118 valence electrons. The van der Waals surface area contributed by atoms with Crippen LogP contribution in [0.25, 0.3) is 0 Å². The smallest absolute Gasteiger partial charge is 0.469 e. The first-order valence-electron chi connectivity index (χ1n) is 5.37. The van der Waals surface area contributed by atoms with E-state index in [1.165, 1.54) is 0 Å². The Morgan fingerprint density at radius 3 is 2.43 bits per heavy atom. The topological polar surface area (TPSA) is 48.4 Å². The summed E-state index contributed by atoms with van der Waals surface area (Å²) in [5, 5.41) is -0.171. The van der Waals surface area contributed by atoms with Crippen LogP contribution in [0.3, 0.4) is 0 Å². The number of halogens is 6. The van der Waals surface area contributed by atoms with Crippen LogP contribution < -0.4 is 4.74 Å². The largest absolute Gasteiger partial charge is 0.573 e. The van der Waals surface area contributed by atoms with Gasteiger partial charge in [0.05, 0.1) is 24.9 Å². The second kappa shape index (κ2) is 7.01. The van der Waals surface area contributed by atoms with E-state index in [9.17, 15) is 26.7 Å². The van der Waals surface area contributed by atoms with Crippen LogP contribution in [0.4, 0.5) is 22.0 Å². The molecule has 0 aliphatic heterocycles. The van der Waals surface area contributed by atoms with Gasteiger partial charge < -0.3 is 9.47 Å². The Bertz CT molecular complexity index is 521. The molecule has 0 radical (unpaired) electrons. The van der Waals surface area contributed by atoms with Crippen LogP contribution in [0.5, 0.6) is 5.75 Å². The molecule has 1 heterocycles. The van der Waals surface area contributed by atoms with Crippen molar-refractivity contribution in [2.24, 2.45) is 0 Å². The van der Waals surface area contributed by atoms with Crippen LogP contribution in [-0.4, -0.2) is 24.4 Å². The highest BCUT2D eigenvalue weighted by atomic mass is 79.9. The van der Waals surface area contributed by atoms with Gasteiger partial charge in [-0.05, 0) is 6.07 Å². The number of pyridine rings is 1. The molecule has 4 nitrogen and oxygen atoms in total. The van der Waals surface area contributed by atoms with Gasteiger partial charge in [-0.2, -0.15) is 0 Å². The van der Waals surface area contributed by atoms with Crippen molar-refractivity contribution >= 4 is 21.9 Å². The van der Waals surface area contributed by atoms with Gasteiger partial charge in [-0.3, -0.25) is 9.78 Å². The maximum Gasteiger partial charge on any atom is 0.573 e. The number of rotatable bonds is 5. The maximum atomic E-state index is 12.9. The van der Waals surface area contributed by atoms with Crippen LogP contribution in [0, 0.1) is 0 Å². The molecule has 0 amide bonds. The van der Waals surface area contributed by atoms with E-state index in [0.717, 1.165) is 7.11 Å². The Hall–Kier alpha value is -1.45. The van der Waals surface area contributed by atoms with Crippen LogP contribution >= 0.6 is 15.9 Å². The van der Waals surface area contributed by atoms with E-state index in [0.29, 0.717) is 6.07 Å². The van der Waals surface area contributed by atoms with E-state index in [1.54, 1.807) is 0 Å². The van der Waals surface area contributed by atoms with Crippen molar-refractivity contribution in [1.82, 2.24) is 4.98 Å². The lowest BCUT2D eigenvalue weighted by atomic mass is 10.1. The molecule has 0 saturated heterocycles. The summed E-state index contributed by atoms with van der Waals surface area (Å²) in [6, 6.07) is 0.528. The second-order valence-corrected chi connectivity index (χ2v) is 4.26. The van der Waals surface area contributed by atoms with E-state index < -0.39 is 36.5 Å². The molecule has 0 N–H and O–H groups in total. The van der Waals surface area contributed by atoms with E-state index in [2.05, 4.69) is 30.4 Å². The number of hydrogen-bond donors (Lipinski definition) is 0. The zero-order valence-corrected chi connectivity index (χ0v) is 12.1. The minimum Gasteiger partial charge on any atom is -0.469 e. The van der Waals surface area contributed by atoms with E-state index in [4.69, 9.17) is 0 Å². The number of methoxy groups -OCH3 is 1. The molecule has 0 atom stereocenters. The molecular weight excluding hydrogens is 369 g/mol. The predicted octanol–water partition coefficient (Wildman–Crippen LogP) is 3.53. The summed E-state index contributed by atoms with van der Waals surface area (Å²) in [5.41, 5.74) is -1.43. The van der Waals surface area contributed by atoms with Gasteiger partial charge in [0.1, 0.15) is 0 Å². The second-order valence-electron chi connectivity index (χ2n) is 3.70. The van der Waals surface area contributed by atoms with Gasteiger partial charge in [0.25, 0.3) is 6.43 Å². The molecule has 0 saturated carbocycles. The zero-order chi connectivity index (χ0) is 16.2. The van der Waals surface area contributed by atoms with Crippen molar-refractivity contribution in [2.45, 2.75) is 24.5 Å². The lowest BCUT2D eigenvalue weighted by molar-refractivity contribution is -0.275. The lowest BCUT2D eigenvalue weighted by Crippen LogP contribution is -2.19. The van der Waals surface area contributed by atoms with E-state index >= 15 is 0 Å². The Labute approximate surface area is 124 Å². The van der Waals surface area contributed by atoms with Crippen molar-refractivity contribution in [3.63, 3.8) is 0 Å². The van der Waals surface area contributed by atoms with Crippen molar-refractivity contribution < 1.29 is 36.2 Å². The third-order valence-corrected chi connectivity index (χ3v) is 2.83. The molecule has 21 heavy (non-hydrogen) atoms. The number of nitrogens with zero attached hydrogens (tertiary/aromatic N) is 1. The number of esters is 1. The minimum absolute atomic E-state index is 0.171. The molecule has 0 aliphatic rings. The van der Waals surface area contributed by atoms with Gasteiger partial charge in [0.15, 0.2) is 5.75 Å². The summed E-state index contributed by atoms with van der Waals surface area (Å²) in [7, 11) is 1.05. The highest BCUT2D eigenvalue weighted by Crippen LogP contribution is 2.33. The zero-order valence-electron chi connectivity index (χ0n) is 10.5. The molecule has 10 heteroatoms. The molecule has 0 fully saturated rings. The number of aromatic nitrogens is 1. The average Bonchev–Trinajstić information content (AvgIpc) is 2.37. The summed E-state index contributed by atoms with van der Waals surface area (Å²) >= 11 is 2.88. The van der Waals surface area contributed by atoms with E-state index in [1.807, 2.05) is 0 Å². The Balaban J connectivity index is 3.30. The third kappa shape index (κ3) is 5.10. The number of hydrogen-bond acceptors (Lipinski definition) is 4. The van der Waals surface area contributed by atoms with Gasteiger partial charge in [-0.25, -0.2) is 8.78 Å².